The first-order chi connectivity index (χ1) is 15.5. The molecule has 4 heterocycles. The highest BCUT2D eigenvalue weighted by Crippen LogP contribution is 2.65. The third-order valence-electron chi connectivity index (χ3n) is 7.57. The highest BCUT2D eigenvalue weighted by molar-refractivity contribution is 8.02. The van der Waals surface area contributed by atoms with Crippen molar-refractivity contribution in [1.29, 1.82) is 0 Å². The number of amides is 2. The molecule has 0 aromatic carbocycles. The van der Waals surface area contributed by atoms with Gasteiger partial charge >= 0.3 is 5.97 Å². The molecule has 0 radical (unpaired) electrons. The minimum absolute atomic E-state index is 0.129. The Morgan fingerprint density at radius 1 is 1.18 bits per heavy atom. The van der Waals surface area contributed by atoms with Gasteiger partial charge in [-0.3, -0.25) is 14.4 Å². The van der Waals surface area contributed by atoms with Crippen LogP contribution in [0.25, 0.3) is 0 Å². The van der Waals surface area contributed by atoms with Crippen molar-refractivity contribution in [3.8, 4) is 0 Å². The van der Waals surface area contributed by atoms with Crippen LogP contribution in [0.3, 0.4) is 0 Å². The summed E-state index contributed by atoms with van der Waals surface area (Å²) in [7, 11) is 0. The van der Waals surface area contributed by atoms with Crippen LogP contribution in [0.5, 0.6) is 0 Å². The summed E-state index contributed by atoms with van der Waals surface area (Å²) in [5.41, 5.74) is -0.438. The molecule has 0 saturated carbocycles. The fourth-order valence-corrected chi connectivity index (χ4v) is 8.12. The fourth-order valence-electron chi connectivity index (χ4n) is 5.98. The molecule has 4 aliphatic rings. The van der Waals surface area contributed by atoms with Gasteiger partial charge < -0.3 is 19.6 Å². The lowest BCUT2D eigenvalue weighted by molar-refractivity contribution is -0.154. The number of aliphatic hydroxyl groups excluding tert-OH is 1. The molecule has 1 spiro atoms. The van der Waals surface area contributed by atoms with Gasteiger partial charge in [0.2, 0.25) is 11.8 Å². The Labute approximate surface area is 200 Å². The zero-order valence-electron chi connectivity index (χ0n) is 20.2. The third-order valence-corrected chi connectivity index (χ3v) is 9.37. The predicted molar refractivity (Wildman–Crippen MR) is 127 cm³/mol. The monoisotopic (exact) mass is 476 g/mol. The van der Waals surface area contributed by atoms with Gasteiger partial charge in [0.15, 0.2) is 0 Å². The molecule has 6 atom stereocenters. The summed E-state index contributed by atoms with van der Waals surface area (Å²) in [6.07, 6.45) is 10.2. The first-order valence-corrected chi connectivity index (χ1v) is 12.8. The van der Waals surface area contributed by atoms with Crippen molar-refractivity contribution in [2.24, 2.45) is 11.8 Å². The van der Waals surface area contributed by atoms with Gasteiger partial charge in [-0.1, -0.05) is 31.2 Å². The highest BCUT2D eigenvalue weighted by Gasteiger charge is 2.74. The molecule has 2 fully saturated rings. The molecule has 182 valence electrons. The Morgan fingerprint density at radius 2 is 1.91 bits per heavy atom. The summed E-state index contributed by atoms with van der Waals surface area (Å²) in [6, 6.07) is -1.28. The number of likely N-dealkylation sites (tertiary alicyclic amines) is 1. The van der Waals surface area contributed by atoms with Crippen LogP contribution in [-0.4, -0.2) is 79.6 Å². The molecule has 2 amide bonds. The van der Waals surface area contributed by atoms with Crippen LogP contribution in [-0.2, 0) is 19.1 Å². The summed E-state index contributed by atoms with van der Waals surface area (Å²) >= 11 is 1.54. The minimum Gasteiger partial charge on any atom is -0.465 e. The maximum Gasteiger partial charge on any atom is 0.311 e. The number of carbonyl (C=O) groups is 3. The summed E-state index contributed by atoms with van der Waals surface area (Å²) in [4.78, 5) is 45.0. The molecule has 8 heteroatoms. The van der Waals surface area contributed by atoms with Crippen LogP contribution in [0, 0.1) is 11.8 Å². The fraction of sp³-hybridized carbons (Fsp3) is 0.720. The van der Waals surface area contributed by atoms with Crippen LogP contribution in [0.1, 0.15) is 53.9 Å². The number of ether oxygens (including phenoxy) is 1. The minimum atomic E-state index is -0.904. The molecule has 2 saturated heterocycles. The van der Waals surface area contributed by atoms with Gasteiger partial charge in [-0.15, -0.1) is 11.8 Å². The number of cyclic esters (lactones) is 1. The Kier molecular flexibility index (Phi) is 6.23. The van der Waals surface area contributed by atoms with Gasteiger partial charge in [0.1, 0.15) is 6.04 Å². The van der Waals surface area contributed by atoms with Crippen molar-refractivity contribution in [3.63, 3.8) is 0 Å². The zero-order chi connectivity index (χ0) is 24.2. The van der Waals surface area contributed by atoms with Crippen molar-refractivity contribution in [1.82, 2.24) is 9.80 Å². The summed E-state index contributed by atoms with van der Waals surface area (Å²) in [6.45, 7) is 10.4. The Morgan fingerprint density at radius 3 is 2.55 bits per heavy atom. The van der Waals surface area contributed by atoms with Crippen LogP contribution in [0.2, 0.25) is 0 Å². The van der Waals surface area contributed by atoms with Crippen molar-refractivity contribution >= 4 is 29.5 Å². The number of rotatable bonds is 3. The number of esters is 1. The number of nitrogens with zero attached hydrogens (tertiary/aromatic N) is 2. The maximum atomic E-state index is 14.1. The second-order valence-electron chi connectivity index (χ2n) is 10.7. The number of carbonyl (C=O) groups excluding carboxylic acids is 3. The second-order valence-corrected chi connectivity index (χ2v) is 12.5. The van der Waals surface area contributed by atoms with Gasteiger partial charge in [0, 0.05) is 16.8 Å². The van der Waals surface area contributed by atoms with Crippen molar-refractivity contribution in [2.45, 2.75) is 81.0 Å². The van der Waals surface area contributed by atoms with E-state index in [1.165, 1.54) is 0 Å². The van der Waals surface area contributed by atoms with E-state index >= 15 is 0 Å². The first kappa shape index (κ1) is 24.3. The van der Waals surface area contributed by atoms with Gasteiger partial charge in [0.25, 0.3) is 0 Å². The van der Waals surface area contributed by atoms with E-state index in [4.69, 9.17) is 4.74 Å². The van der Waals surface area contributed by atoms with E-state index in [1.54, 1.807) is 21.6 Å². The Balaban J connectivity index is 1.92. The van der Waals surface area contributed by atoms with Crippen molar-refractivity contribution < 1.29 is 24.2 Å². The topological polar surface area (TPSA) is 87.2 Å². The predicted octanol–water partition coefficient (Wildman–Crippen LogP) is 2.53. The summed E-state index contributed by atoms with van der Waals surface area (Å²) in [5.74, 6) is -2.17. The van der Waals surface area contributed by atoms with E-state index in [0.717, 1.165) is 12.8 Å². The normalized spacial score (nSPS) is 38.5. The van der Waals surface area contributed by atoms with Crippen LogP contribution in [0.15, 0.2) is 24.3 Å². The van der Waals surface area contributed by atoms with E-state index in [0.29, 0.717) is 19.6 Å². The molecule has 33 heavy (non-hydrogen) atoms. The molecule has 0 aromatic rings. The van der Waals surface area contributed by atoms with E-state index in [-0.39, 0.29) is 24.4 Å². The van der Waals surface area contributed by atoms with Crippen LogP contribution < -0.4 is 0 Å². The maximum absolute atomic E-state index is 14.1. The highest BCUT2D eigenvalue weighted by atomic mass is 32.2. The lowest BCUT2D eigenvalue weighted by Gasteiger charge is -2.42. The van der Waals surface area contributed by atoms with E-state index < -0.39 is 39.0 Å². The number of allylic oxidation sites excluding steroid dienone is 1. The molecular formula is C25H36N2O5S. The van der Waals surface area contributed by atoms with Crippen LogP contribution in [0.4, 0.5) is 0 Å². The smallest absolute Gasteiger partial charge is 0.311 e. The first-order valence-electron chi connectivity index (χ1n) is 12.0. The standard InChI is InChI=1S/C25H36N2O5S/c1-6-16(15-28)27-19-21(30)26(23(2,3)4)13-10-12-25(19)17(20(27)29)18-22(31)32-14-9-7-8-11-24(18,5)33-25/h8,10-12,16-19,28H,6-7,9,13-15H2,1-5H3/b11-8-/t16-,17-,18+,19?,24-,25-/m0/s1. The summed E-state index contributed by atoms with van der Waals surface area (Å²) in [5, 5.41) is 10.1. The average molecular weight is 477 g/mol. The van der Waals surface area contributed by atoms with Gasteiger partial charge in [-0.25, -0.2) is 0 Å². The van der Waals surface area contributed by atoms with Gasteiger partial charge in [-0.2, -0.15) is 0 Å². The lowest BCUT2D eigenvalue weighted by Crippen LogP contribution is -2.59. The SMILES string of the molecule is CC[C@@H](CO)N1C(=O)[C@@H]2[C@@H]3C(=O)OCCC/C=C\[C@]3(C)S[C@@]23C=CCN(C(C)(C)C)C(=O)C13. The van der Waals surface area contributed by atoms with Crippen LogP contribution >= 0.6 is 11.8 Å². The quantitative estimate of drug-likeness (QED) is 0.498. The number of hydrogen-bond donors (Lipinski definition) is 1. The van der Waals surface area contributed by atoms with Crippen molar-refractivity contribution in [2.75, 3.05) is 19.8 Å². The number of thioether (sulfide) groups is 1. The third kappa shape index (κ3) is 3.64. The largest absolute Gasteiger partial charge is 0.465 e. The molecule has 0 aliphatic carbocycles. The lowest BCUT2D eigenvalue weighted by atomic mass is 9.74. The summed E-state index contributed by atoms with van der Waals surface area (Å²) < 4.78 is 4.05. The number of hydrogen-bond acceptors (Lipinski definition) is 6. The van der Waals surface area contributed by atoms with E-state index in [2.05, 4.69) is 6.08 Å². The molecule has 0 bridgehead atoms. The van der Waals surface area contributed by atoms with E-state index in [1.807, 2.05) is 52.8 Å². The Hall–Kier alpha value is -1.80. The van der Waals surface area contributed by atoms with Gasteiger partial charge in [-0.05, 0) is 47.0 Å². The zero-order valence-corrected chi connectivity index (χ0v) is 21.1. The molecule has 0 aromatic heterocycles. The molecular weight excluding hydrogens is 440 g/mol. The molecule has 4 rings (SSSR count). The number of aliphatic hydroxyl groups is 1. The Bertz CT molecular complexity index is 892. The van der Waals surface area contributed by atoms with Crippen molar-refractivity contribution in [3.05, 3.63) is 24.3 Å². The number of fused-ring (bicyclic) bond motifs is 2. The second kappa shape index (κ2) is 8.45. The molecule has 7 nitrogen and oxygen atoms in total. The molecule has 1 unspecified atom stereocenters. The molecule has 1 N–H and O–H groups in total. The van der Waals surface area contributed by atoms with Gasteiger partial charge in [0.05, 0.1) is 35.8 Å². The molecule has 4 aliphatic heterocycles. The average Bonchev–Trinajstić information content (AvgIpc) is 3.08. The van der Waals surface area contributed by atoms with E-state index in [9.17, 15) is 19.5 Å².